The highest BCUT2D eigenvalue weighted by Gasteiger charge is 2.22. The normalized spacial score (nSPS) is 20.4. The molecule has 0 bridgehead atoms. The van der Waals surface area contributed by atoms with Crippen LogP contribution in [0.4, 0.5) is 0 Å². The average molecular weight is 319 g/mol. The highest BCUT2D eigenvalue weighted by molar-refractivity contribution is 6.36. The van der Waals surface area contributed by atoms with Crippen molar-refractivity contribution in [1.29, 1.82) is 0 Å². The molecule has 0 radical (unpaired) electrons. The van der Waals surface area contributed by atoms with Gasteiger partial charge in [-0.1, -0.05) is 29.3 Å². The Labute approximate surface area is 127 Å². The first-order chi connectivity index (χ1) is 9.59. The van der Waals surface area contributed by atoms with Crippen LogP contribution in [0.3, 0.4) is 0 Å². The van der Waals surface area contributed by atoms with E-state index in [0.29, 0.717) is 35.4 Å². The minimum Gasteiger partial charge on any atom is -0.386 e. The van der Waals surface area contributed by atoms with E-state index in [1.807, 2.05) is 0 Å². The van der Waals surface area contributed by atoms with Crippen molar-refractivity contribution in [3.63, 3.8) is 0 Å². The van der Waals surface area contributed by atoms with Crippen LogP contribution in [-0.4, -0.2) is 43.4 Å². The highest BCUT2D eigenvalue weighted by atomic mass is 35.5. The van der Waals surface area contributed by atoms with Crippen LogP contribution in [0, 0.1) is 0 Å². The summed E-state index contributed by atoms with van der Waals surface area (Å²) in [5, 5.41) is 16.5. The number of aliphatic hydroxyl groups is 1. The Morgan fingerprint density at radius 3 is 2.80 bits per heavy atom. The molecule has 7 heteroatoms. The molecule has 1 fully saturated rings. The number of ether oxygens (including phenoxy) is 1. The van der Waals surface area contributed by atoms with Gasteiger partial charge >= 0.3 is 0 Å². The van der Waals surface area contributed by atoms with Gasteiger partial charge in [0, 0.05) is 28.7 Å². The lowest BCUT2D eigenvalue weighted by Crippen LogP contribution is -2.51. The molecule has 1 aromatic carbocycles. The minimum absolute atomic E-state index is 0.0421. The van der Waals surface area contributed by atoms with E-state index in [-0.39, 0.29) is 12.5 Å². The molecule has 0 aromatic heterocycles. The summed E-state index contributed by atoms with van der Waals surface area (Å²) in [4.78, 5) is 11.9. The third-order valence-corrected chi connectivity index (χ3v) is 3.70. The second-order valence-corrected chi connectivity index (χ2v) is 5.29. The number of nitrogens with one attached hydrogen (secondary N) is 2. The fourth-order valence-corrected chi connectivity index (χ4v) is 2.63. The molecule has 1 heterocycles. The van der Waals surface area contributed by atoms with Crippen LogP contribution < -0.4 is 10.6 Å². The van der Waals surface area contributed by atoms with E-state index in [4.69, 9.17) is 27.9 Å². The Morgan fingerprint density at radius 2 is 2.20 bits per heavy atom. The minimum atomic E-state index is -0.954. The first-order valence-electron chi connectivity index (χ1n) is 6.30. The summed E-state index contributed by atoms with van der Waals surface area (Å²) < 4.78 is 5.20. The summed E-state index contributed by atoms with van der Waals surface area (Å²) in [6, 6.07) is 4.59. The van der Waals surface area contributed by atoms with Gasteiger partial charge in [-0.3, -0.25) is 4.79 Å². The van der Waals surface area contributed by atoms with Crippen LogP contribution in [-0.2, 0) is 9.53 Å². The largest absolute Gasteiger partial charge is 0.386 e. The molecule has 2 atom stereocenters. The van der Waals surface area contributed by atoms with Crippen molar-refractivity contribution in [3.8, 4) is 0 Å². The molecule has 3 N–H and O–H groups in total. The van der Waals surface area contributed by atoms with Gasteiger partial charge < -0.3 is 20.5 Å². The van der Waals surface area contributed by atoms with Gasteiger partial charge in [0.05, 0.1) is 19.3 Å². The number of benzene rings is 1. The van der Waals surface area contributed by atoms with Crippen molar-refractivity contribution in [3.05, 3.63) is 33.8 Å². The van der Waals surface area contributed by atoms with E-state index in [1.165, 1.54) is 0 Å². The van der Waals surface area contributed by atoms with Gasteiger partial charge in [-0.05, 0) is 12.1 Å². The van der Waals surface area contributed by atoms with E-state index < -0.39 is 12.1 Å². The Bertz CT molecular complexity index is 458. The Hall–Kier alpha value is -0.850. The molecule has 1 aliphatic heterocycles. The molecular weight excluding hydrogens is 303 g/mol. The third kappa shape index (κ3) is 3.84. The van der Waals surface area contributed by atoms with Gasteiger partial charge in [0.15, 0.2) is 0 Å². The lowest BCUT2D eigenvalue weighted by Gasteiger charge is -2.23. The number of halogens is 2. The van der Waals surface area contributed by atoms with E-state index in [9.17, 15) is 9.90 Å². The van der Waals surface area contributed by atoms with Gasteiger partial charge in [-0.15, -0.1) is 0 Å². The molecule has 5 nitrogen and oxygen atoms in total. The molecule has 0 spiro atoms. The predicted molar refractivity (Wildman–Crippen MR) is 77.0 cm³/mol. The van der Waals surface area contributed by atoms with Gasteiger partial charge in [-0.2, -0.15) is 0 Å². The lowest BCUT2D eigenvalue weighted by atomic mass is 10.1. The summed E-state index contributed by atoms with van der Waals surface area (Å²) in [6.07, 6.45) is -0.954. The number of carbonyl (C=O) groups excluding carboxylic acids is 1. The second-order valence-electron chi connectivity index (χ2n) is 4.48. The van der Waals surface area contributed by atoms with Crippen molar-refractivity contribution in [2.75, 3.05) is 26.3 Å². The summed E-state index contributed by atoms with van der Waals surface area (Å²) in [5.41, 5.74) is 0.420. The first-order valence-corrected chi connectivity index (χ1v) is 7.06. The molecule has 1 aromatic rings. The van der Waals surface area contributed by atoms with Gasteiger partial charge in [-0.25, -0.2) is 0 Å². The zero-order valence-electron chi connectivity index (χ0n) is 10.7. The molecule has 20 heavy (non-hydrogen) atoms. The number of aliphatic hydroxyl groups excluding tert-OH is 1. The molecule has 1 aliphatic rings. The monoisotopic (exact) mass is 318 g/mol. The summed E-state index contributed by atoms with van der Waals surface area (Å²) in [7, 11) is 0. The number of amides is 1. The molecular formula is C13H16Cl2N2O3. The standard InChI is InChI=1S/C13H16Cl2N2O3/c14-8-2-1-3-9(15)12(8)11(18)6-17-13(19)10-7-20-5-4-16-10/h1-3,10-11,16,18H,4-7H2,(H,17,19). The number of carbonyl (C=O) groups is 1. The molecule has 2 rings (SSSR count). The zero-order valence-corrected chi connectivity index (χ0v) is 12.2. The SMILES string of the molecule is O=C(NCC(O)c1c(Cl)cccc1Cl)C1COCCN1. The van der Waals surface area contributed by atoms with Crippen LogP contribution in [0.5, 0.6) is 0 Å². The molecule has 2 unspecified atom stereocenters. The second kappa shape index (κ2) is 7.24. The van der Waals surface area contributed by atoms with Gasteiger partial charge in [0.2, 0.25) is 5.91 Å². The molecule has 1 saturated heterocycles. The van der Waals surface area contributed by atoms with Crippen LogP contribution in [0.2, 0.25) is 10.0 Å². The van der Waals surface area contributed by atoms with E-state index >= 15 is 0 Å². The maximum absolute atomic E-state index is 11.9. The number of hydrogen-bond donors (Lipinski definition) is 3. The molecule has 1 amide bonds. The van der Waals surface area contributed by atoms with Crippen LogP contribution in [0.25, 0.3) is 0 Å². The maximum Gasteiger partial charge on any atom is 0.239 e. The van der Waals surface area contributed by atoms with E-state index in [0.717, 1.165) is 0 Å². The van der Waals surface area contributed by atoms with Crippen molar-refractivity contribution in [2.45, 2.75) is 12.1 Å². The Balaban J connectivity index is 1.91. The summed E-state index contributed by atoms with van der Waals surface area (Å²) in [5.74, 6) is -0.216. The molecule has 110 valence electrons. The average Bonchev–Trinajstić information content (AvgIpc) is 2.45. The predicted octanol–water partition coefficient (Wildman–Crippen LogP) is 1.13. The van der Waals surface area contributed by atoms with E-state index in [1.54, 1.807) is 18.2 Å². The Kier molecular flexibility index (Phi) is 5.63. The zero-order chi connectivity index (χ0) is 14.5. The van der Waals surface area contributed by atoms with Crippen LogP contribution in [0.1, 0.15) is 11.7 Å². The highest BCUT2D eigenvalue weighted by Crippen LogP contribution is 2.29. The maximum atomic E-state index is 11.9. The topological polar surface area (TPSA) is 70.6 Å². The molecule has 0 saturated carbocycles. The number of rotatable bonds is 4. The summed E-state index contributed by atoms with van der Waals surface area (Å²) >= 11 is 12.0. The van der Waals surface area contributed by atoms with Crippen molar-refractivity contribution in [1.82, 2.24) is 10.6 Å². The lowest BCUT2D eigenvalue weighted by molar-refractivity contribution is -0.126. The van der Waals surface area contributed by atoms with E-state index in [2.05, 4.69) is 10.6 Å². The number of morpholine rings is 1. The molecule has 0 aliphatic carbocycles. The smallest absolute Gasteiger partial charge is 0.239 e. The fraction of sp³-hybridized carbons (Fsp3) is 0.462. The van der Waals surface area contributed by atoms with Crippen molar-refractivity contribution in [2.24, 2.45) is 0 Å². The van der Waals surface area contributed by atoms with Crippen LogP contribution >= 0.6 is 23.2 Å². The van der Waals surface area contributed by atoms with Gasteiger partial charge in [0.25, 0.3) is 0 Å². The first kappa shape index (κ1) is 15.5. The van der Waals surface area contributed by atoms with Crippen LogP contribution in [0.15, 0.2) is 18.2 Å². The van der Waals surface area contributed by atoms with Crippen molar-refractivity contribution >= 4 is 29.1 Å². The Morgan fingerprint density at radius 1 is 1.50 bits per heavy atom. The quantitative estimate of drug-likeness (QED) is 0.778. The number of hydrogen-bond acceptors (Lipinski definition) is 4. The fourth-order valence-electron chi connectivity index (χ4n) is 1.99. The third-order valence-electron chi connectivity index (χ3n) is 3.04. The summed E-state index contributed by atoms with van der Waals surface area (Å²) in [6.45, 7) is 1.61. The van der Waals surface area contributed by atoms with Crippen molar-refractivity contribution < 1.29 is 14.6 Å². The van der Waals surface area contributed by atoms with Gasteiger partial charge in [0.1, 0.15) is 6.04 Å².